The topological polar surface area (TPSA) is 97.7 Å². The number of carboxylic acid groups (broad SMARTS) is 1. The first kappa shape index (κ1) is 14.4. The zero-order valence-corrected chi connectivity index (χ0v) is 11.6. The summed E-state index contributed by atoms with van der Waals surface area (Å²) in [5.41, 5.74) is 1.62. The molecule has 4 atom stereocenters. The first-order chi connectivity index (χ1) is 10.5. The monoisotopic (exact) mass is 302 g/mol. The summed E-state index contributed by atoms with van der Waals surface area (Å²) in [5, 5.41) is 9.01. The molecule has 1 aromatic carbocycles. The van der Waals surface area contributed by atoms with Crippen LogP contribution in [0.2, 0.25) is 0 Å². The number of aliphatic carboxylic acids is 1. The lowest BCUT2D eigenvalue weighted by Crippen LogP contribution is -2.37. The Hall–Kier alpha value is -2.50. The number of aldehydes is 1. The molecule has 2 aliphatic rings. The van der Waals surface area contributed by atoms with Gasteiger partial charge in [0.25, 0.3) is 0 Å². The zero-order valence-electron chi connectivity index (χ0n) is 11.6. The minimum absolute atomic E-state index is 0.376. The Kier molecular flexibility index (Phi) is 3.52. The molecule has 1 aromatic rings. The van der Waals surface area contributed by atoms with Crippen molar-refractivity contribution in [2.24, 2.45) is 17.8 Å². The van der Waals surface area contributed by atoms with Gasteiger partial charge < -0.3 is 14.6 Å². The molecular formula is C16H14O6. The van der Waals surface area contributed by atoms with Gasteiger partial charge in [0.1, 0.15) is 6.29 Å². The highest BCUT2D eigenvalue weighted by Gasteiger charge is 2.53. The van der Waals surface area contributed by atoms with E-state index in [4.69, 9.17) is 9.84 Å². The van der Waals surface area contributed by atoms with Gasteiger partial charge in [0.05, 0.1) is 18.3 Å². The molecule has 1 fully saturated rings. The lowest BCUT2D eigenvalue weighted by atomic mass is 9.65. The maximum Gasteiger partial charge on any atom is 0.318 e. The van der Waals surface area contributed by atoms with Gasteiger partial charge >= 0.3 is 17.9 Å². The fourth-order valence-corrected chi connectivity index (χ4v) is 3.59. The first-order valence-electron chi connectivity index (χ1n) is 7.03. The maximum absolute atomic E-state index is 12.0. The normalized spacial score (nSPS) is 27.5. The average molecular weight is 302 g/mol. The van der Waals surface area contributed by atoms with Crippen LogP contribution in [0.25, 0.3) is 0 Å². The Morgan fingerprint density at radius 3 is 2.73 bits per heavy atom. The van der Waals surface area contributed by atoms with E-state index in [-0.39, 0.29) is 6.42 Å². The third-order valence-corrected chi connectivity index (χ3v) is 4.50. The smallest absolute Gasteiger partial charge is 0.318 e. The van der Waals surface area contributed by atoms with Crippen molar-refractivity contribution >= 4 is 24.2 Å². The Morgan fingerprint density at radius 1 is 1.32 bits per heavy atom. The molecule has 0 aromatic heterocycles. The maximum atomic E-state index is 12.0. The number of rotatable bonds is 4. The Balaban J connectivity index is 2.10. The second kappa shape index (κ2) is 5.36. The molecule has 22 heavy (non-hydrogen) atoms. The molecule has 3 rings (SSSR count). The largest absolute Gasteiger partial charge is 0.481 e. The summed E-state index contributed by atoms with van der Waals surface area (Å²) in [7, 11) is 0. The van der Waals surface area contributed by atoms with Crippen LogP contribution in [0.1, 0.15) is 23.5 Å². The van der Waals surface area contributed by atoms with Gasteiger partial charge in [-0.25, -0.2) is 0 Å². The molecule has 1 heterocycles. The van der Waals surface area contributed by atoms with E-state index < -0.39 is 41.6 Å². The summed E-state index contributed by atoms with van der Waals surface area (Å²) >= 11 is 0. The molecule has 1 N–H and O–H groups in total. The van der Waals surface area contributed by atoms with Crippen LogP contribution in [-0.2, 0) is 30.3 Å². The number of esters is 2. The van der Waals surface area contributed by atoms with Gasteiger partial charge in [-0.2, -0.15) is 0 Å². The molecule has 6 nitrogen and oxygen atoms in total. The van der Waals surface area contributed by atoms with Gasteiger partial charge in [-0.05, 0) is 17.5 Å². The van der Waals surface area contributed by atoms with Crippen molar-refractivity contribution in [1.29, 1.82) is 0 Å². The fourth-order valence-electron chi connectivity index (χ4n) is 3.59. The average Bonchev–Trinajstić information content (AvgIpc) is 2.77. The van der Waals surface area contributed by atoms with Crippen LogP contribution in [0.3, 0.4) is 0 Å². The highest BCUT2D eigenvalue weighted by molar-refractivity contribution is 5.98. The number of hydrogen-bond donors (Lipinski definition) is 1. The summed E-state index contributed by atoms with van der Waals surface area (Å²) in [6.07, 6.45) is 0.557. The Labute approximate surface area is 126 Å². The molecule has 0 spiro atoms. The van der Waals surface area contributed by atoms with Crippen molar-refractivity contribution in [3.05, 3.63) is 35.4 Å². The van der Waals surface area contributed by atoms with Crippen molar-refractivity contribution in [2.45, 2.75) is 18.8 Å². The Bertz CT molecular complexity index is 664. The van der Waals surface area contributed by atoms with Gasteiger partial charge in [-0.15, -0.1) is 0 Å². The predicted molar refractivity (Wildman–Crippen MR) is 72.8 cm³/mol. The van der Waals surface area contributed by atoms with Crippen LogP contribution in [0, 0.1) is 17.8 Å². The van der Waals surface area contributed by atoms with E-state index in [2.05, 4.69) is 0 Å². The van der Waals surface area contributed by atoms with Crippen LogP contribution in [0.15, 0.2) is 24.3 Å². The summed E-state index contributed by atoms with van der Waals surface area (Å²) in [6.45, 7) is 0. The zero-order chi connectivity index (χ0) is 15.9. The predicted octanol–water partition coefficient (Wildman–Crippen LogP) is 0.932. The standard InChI is InChI=1S/C16H14O6/c17-7-9(6-12(18)19)13-10-4-2-1-3-8(10)5-11-14(13)16(21)22-15(11)20/h1-4,7,9,11,13-14H,5-6H2,(H,18,19). The van der Waals surface area contributed by atoms with E-state index in [1.54, 1.807) is 12.1 Å². The molecule has 6 heteroatoms. The molecule has 1 aliphatic heterocycles. The van der Waals surface area contributed by atoms with Crippen LogP contribution in [-0.4, -0.2) is 29.3 Å². The van der Waals surface area contributed by atoms with Crippen molar-refractivity contribution in [1.82, 2.24) is 0 Å². The summed E-state index contributed by atoms with van der Waals surface area (Å²) in [4.78, 5) is 46.3. The minimum atomic E-state index is -1.12. The SMILES string of the molecule is O=CC(CC(=O)O)C1c2ccccc2CC2C(=O)OC(=O)C21. The summed E-state index contributed by atoms with van der Waals surface area (Å²) < 4.78 is 4.73. The van der Waals surface area contributed by atoms with Gasteiger partial charge in [0, 0.05) is 11.8 Å². The lowest BCUT2D eigenvalue weighted by molar-refractivity contribution is -0.154. The number of cyclic esters (lactones) is 2. The quantitative estimate of drug-likeness (QED) is 0.505. The van der Waals surface area contributed by atoms with Gasteiger partial charge in [0.2, 0.25) is 0 Å². The third-order valence-electron chi connectivity index (χ3n) is 4.50. The van der Waals surface area contributed by atoms with Crippen LogP contribution in [0.4, 0.5) is 0 Å². The van der Waals surface area contributed by atoms with Gasteiger partial charge in [0.15, 0.2) is 0 Å². The molecule has 1 aliphatic carbocycles. The van der Waals surface area contributed by atoms with Crippen molar-refractivity contribution in [3.63, 3.8) is 0 Å². The van der Waals surface area contributed by atoms with Crippen LogP contribution < -0.4 is 0 Å². The highest BCUT2D eigenvalue weighted by Crippen LogP contribution is 2.47. The number of benzene rings is 1. The highest BCUT2D eigenvalue weighted by atomic mass is 16.6. The van der Waals surface area contributed by atoms with E-state index in [1.807, 2.05) is 12.1 Å². The second-order valence-electron chi connectivity index (χ2n) is 5.70. The van der Waals surface area contributed by atoms with E-state index in [0.717, 1.165) is 11.1 Å². The number of hydrogen-bond acceptors (Lipinski definition) is 5. The molecule has 114 valence electrons. The van der Waals surface area contributed by atoms with E-state index >= 15 is 0 Å². The molecule has 0 amide bonds. The first-order valence-corrected chi connectivity index (χ1v) is 7.03. The molecule has 0 bridgehead atoms. The fraction of sp³-hybridized carbons (Fsp3) is 0.375. The second-order valence-corrected chi connectivity index (χ2v) is 5.70. The molecule has 1 saturated heterocycles. The van der Waals surface area contributed by atoms with Crippen molar-refractivity contribution in [2.75, 3.05) is 0 Å². The van der Waals surface area contributed by atoms with E-state index in [0.29, 0.717) is 12.7 Å². The number of carbonyl (C=O) groups is 4. The number of fused-ring (bicyclic) bond motifs is 2. The Morgan fingerprint density at radius 2 is 2.05 bits per heavy atom. The number of carboxylic acids is 1. The third kappa shape index (κ3) is 2.20. The summed E-state index contributed by atoms with van der Waals surface area (Å²) in [5.74, 6) is -5.29. The van der Waals surface area contributed by atoms with Crippen molar-refractivity contribution in [3.8, 4) is 0 Å². The molecular weight excluding hydrogens is 288 g/mol. The molecule has 0 radical (unpaired) electrons. The number of ether oxygens (including phenoxy) is 1. The van der Waals surface area contributed by atoms with Crippen molar-refractivity contribution < 1.29 is 29.0 Å². The van der Waals surface area contributed by atoms with E-state index in [1.165, 1.54) is 0 Å². The van der Waals surface area contributed by atoms with Gasteiger partial charge in [-0.1, -0.05) is 24.3 Å². The molecule has 0 saturated carbocycles. The van der Waals surface area contributed by atoms with Gasteiger partial charge in [-0.3, -0.25) is 14.4 Å². The van der Waals surface area contributed by atoms with Crippen LogP contribution >= 0.6 is 0 Å². The lowest BCUT2D eigenvalue weighted by Gasteiger charge is -2.34. The molecule has 4 unspecified atom stereocenters. The minimum Gasteiger partial charge on any atom is -0.481 e. The summed E-state index contributed by atoms with van der Waals surface area (Å²) in [6, 6.07) is 7.20. The van der Waals surface area contributed by atoms with Crippen LogP contribution in [0.5, 0.6) is 0 Å². The van der Waals surface area contributed by atoms with E-state index in [9.17, 15) is 19.2 Å². The number of carbonyl (C=O) groups excluding carboxylic acids is 3.